The van der Waals surface area contributed by atoms with Crippen LogP contribution in [0.25, 0.3) is 22.4 Å². The average molecular weight is 468 g/mol. The van der Waals surface area contributed by atoms with E-state index in [1.807, 2.05) is 17.9 Å². The molecule has 33 heavy (non-hydrogen) atoms. The van der Waals surface area contributed by atoms with Gasteiger partial charge in [-0.15, -0.1) is 0 Å². The van der Waals surface area contributed by atoms with Crippen LogP contribution in [-0.2, 0) is 10.0 Å². The molecule has 4 aromatic rings. The third-order valence-electron chi connectivity index (χ3n) is 5.59. The number of nitrogens with two attached hydrogens (primary N) is 1. The standard InChI is InChI=1S/C21H25N9O2S/c1-4-28(21-26-16-11-24-18(22)9-17(16)30(21)13(2)3)19-7-8-23-20(27-19)14-10-25-29(12-14)33(31,32)15-5-6-15/h7-13,15H,4-6H2,1-3H3,(H2,22,24). The van der Waals surface area contributed by atoms with Gasteiger partial charge in [0.1, 0.15) is 17.2 Å². The lowest BCUT2D eigenvalue weighted by Gasteiger charge is -2.24. The summed E-state index contributed by atoms with van der Waals surface area (Å²) in [4.78, 5) is 20.0. The number of hydrogen-bond donors (Lipinski definition) is 1. The second-order valence-electron chi connectivity index (χ2n) is 8.30. The first-order valence-electron chi connectivity index (χ1n) is 10.8. The lowest BCUT2D eigenvalue weighted by molar-refractivity contribution is 0.578. The van der Waals surface area contributed by atoms with Gasteiger partial charge in [0.05, 0.1) is 34.9 Å². The maximum absolute atomic E-state index is 12.5. The Morgan fingerprint density at radius 2 is 2.00 bits per heavy atom. The van der Waals surface area contributed by atoms with Crippen molar-refractivity contribution in [3.63, 3.8) is 0 Å². The van der Waals surface area contributed by atoms with Crippen molar-refractivity contribution in [1.82, 2.24) is 33.7 Å². The van der Waals surface area contributed by atoms with Crippen LogP contribution in [0.5, 0.6) is 0 Å². The summed E-state index contributed by atoms with van der Waals surface area (Å²) < 4.78 is 28.1. The summed E-state index contributed by atoms with van der Waals surface area (Å²) in [5, 5.41) is 3.71. The fourth-order valence-corrected chi connectivity index (χ4v) is 5.30. The minimum atomic E-state index is -3.45. The lowest BCUT2D eigenvalue weighted by Crippen LogP contribution is -2.22. The first kappa shape index (κ1) is 21.3. The van der Waals surface area contributed by atoms with Gasteiger partial charge in [0.2, 0.25) is 5.95 Å². The molecule has 0 bridgehead atoms. The van der Waals surface area contributed by atoms with Gasteiger partial charge in [-0.1, -0.05) is 0 Å². The molecule has 4 heterocycles. The van der Waals surface area contributed by atoms with Gasteiger partial charge >= 0.3 is 0 Å². The van der Waals surface area contributed by atoms with Crippen LogP contribution in [0.1, 0.15) is 39.7 Å². The first-order valence-corrected chi connectivity index (χ1v) is 12.3. The van der Waals surface area contributed by atoms with Crippen molar-refractivity contribution in [2.45, 2.75) is 44.9 Å². The van der Waals surface area contributed by atoms with Crippen LogP contribution in [0, 0.1) is 0 Å². The Balaban J connectivity index is 1.56. The van der Waals surface area contributed by atoms with Gasteiger partial charge in [-0.2, -0.15) is 9.19 Å². The molecule has 172 valence electrons. The van der Waals surface area contributed by atoms with E-state index >= 15 is 0 Å². The summed E-state index contributed by atoms with van der Waals surface area (Å²) in [7, 11) is -3.45. The van der Waals surface area contributed by atoms with E-state index in [0.717, 1.165) is 15.1 Å². The van der Waals surface area contributed by atoms with Crippen molar-refractivity contribution in [2.24, 2.45) is 0 Å². The molecule has 0 aliphatic heterocycles. The molecule has 0 amide bonds. The van der Waals surface area contributed by atoms with E-state index in [2.05, 4.69) is 33.5 Å². The number of pyridine rings is 1. The quantitative estimate of drug-likeness (QED) is 0.435. The summed E-state index contributed by atoms with van der Waals surface area (Å²) in [6.45, 7) is 6.77. The fourth-order valence-electron chi connectivity index (χ4n) is 3.82. The number of nitrogens with zero attached hydrogens (tertiary/aromatic N) is 8. The third kappa shape index (κ3) is 3.69. The predicted octanol–water partition coefficient (Wildman–Crippen LogP) is 2.75. The molecule has 5 rings (SSSR count). The Kier molecular flexibility index (Phi) is 5.04. The number of imidazole rings is 1. The summed E-state index contributed by atoms with van der Waals surface area (Å²) in [6, 6.07) is 3.74. The Morgan fingerprint density at radius 3 is 2.70 bits per heavy atom. The number of aromatic nitrogens is 7. The highest BCUT2D eigenvalue weighted by Gasteiger charge is 2.37. The van der Waals surface area contributed by atoms with E-state index in [0.29, 0.717) is 48.4 Å². The predicted molar refractivity (Wildman–Crippen MR) is 126 cm³/mol. The summed E-state index contributed by atoms with van der Waals surface area (Å²) in [5.41, 5.74) is 8.10. The topological polar surface area (TPSA) is 138 Å². The van der Waals surface area contributed by atoms with E-state index in [1.54, 1.807) is 18.5 Å². The second kappa shape index (κ2) is 7.80. The van der Waals surface area contributed by atoms with Gasteiger partial charge in [0.25, 0.3) is 10.0 Å². The Morgan fingerprint density at radius 1 is 1.21 bits per heavy atom. The monoisotopic (exact) mass is 467 g/mol. The molecule has 1 saturated carbocycles. The Labute approximate surface area is 191 Å². The molecule has 0 unspecified atom stereocenters. The van der Waals surface area contributed by atoms with E-state index in [4.69, 9.17) is 15.7 Å². The van der Waals surface area contributed by atoms with Crippen molar-refractivity contribution < 1.29 is 8.42 Å². The number of hydrogen-bond acceptors (Lipinski definition) is 9. The molecule has 11 nitrogen and oxygen atoms in total. The maximum Gasteiger partial charge on any atom is 0.256 e. The zero-order valence-electron chi connectivity index (χ0n) is 18.6. The van der Waals surface area contributed by atoms with E-state index in [-0.39, 0.29) is 11.3 Å². The van der Waals surface area contributed by atoms with Crippen molar-refractivity contribution in [1.29, 1.82) is 0 Å². The molecule has 0 aromatic carbocycles. The molecule has 1 fully saturated rings. The molecule has 4 aromatic heterocycles. The van der Waals surface area contributed by atoms with Crippen LogP contribution in [0.15, 0.2) is 36.9 Å². The van der Waals surface area contributed by atoms with E-state index in [1.165, 1.54) is 12.4 Å². The highest BCUT2D eigenvalue weighted by molar-refractivity contribution is 7.90. The lowest BCUT2D eigenvalue weighted by atomic mass is 10.3. The average Bonchev–Trinajstić information content (AvgIpc) is 3.41. The van der Waals surface area contributed by atoms with Crippen LogP contribution >= 0.6 is 0 Å². The first-order chi connectivity index (χ1) is 15.8. The number of rotatable bonds is 7. The van der Waals surface area contributed by atoms with Gasteiger partial charge in [0, 0.05) is 24.8 Å². The minimum absolute atomic E-state index is 0.119. The molecule has 1 aliphatic carbocycles. The normalized spacial score (nSPS) is 14.3. The molecular formula is C21H25N9O2S. The van der Waals surface area contributed by atoms with Crippen molar-refractivity contribution in [3.05, 3.63) is 36.9 Å². The second-order valence-corrected chi connectivity index (χ2v) is 10.4. The van der Waals surface area contributed by atoms with Crippen LogP contribution in [0.4, 0.5) is 17.6 Å². The van der Waals surface area contributed by atoms with Gasteiger partial charge in [-0.05, 0) is 39.7 Å². The molecule has 0 saturated heterocycles. The summed E-state index contributed by atoms with van der Waals surface area (Å²) >= 11 is 0. The highest BCUT2D eigenvalue weighted by Crippen LogP contribution is 2.32. The van der Waals surface area contributed by atoms with E-state index < -0.39 is 10.0 Å². The minimum Gasteiger partial charge on any atom is -0.384 e. The van der Waals surface area contributed by atoms with Crippen LogP contribution in [-0.4, -0.2) is 53.9 Å². The van der Waals surface area contributed by atoms with Gasteiger partial charge in [-0.25, -0.2) is 28.4 Å². The molecular weight excluding hydrogens is 442 g/mol. The molecule has 0 atom stereocenters. The molecule has 0 spiro atoms. The summed E-state index contributed by atoms with van der Waals surface area (Å²) in [5.74, 6) is 2.17. The molecule has 0 radical (unpaired) electrons. The highest BCUT2D eigenvalue weighted by atomic mass is 32.2. The maximum atomic E-state index is 12.5. The van der Waals surface area contributed by atoms with Gasteiger partial charge < -0.3 is 10.3 Å². The van der Waals surface area contributed by atoms with Crippen molar-refractivity contribution in [3.8, 4) is 11.4 Å². The van der Waals surface area contributed by atoms with E-state index in [9.17, 15) is 8.42 Å². The largest absolute Gasteiger partial charge is 0.384 e. The number of fused-ring (bicyclic) bond motifs is 1. The van der Waals surface area contributed by atoms with Gasteiger partial charge in [-0.3, -0.25) is 4.90 Å². The number of nitrogen functional groups attached to an aromatic ring is 1. The SMILES string of the molecule is CCN(c1ccnc(-c2cnn(S(=O)(=O)C3CC3)c2)n1)c1nc2cnc(N)cc2n1C(C)C. The zero-order chi connectivity index (χ0) is 23.3. The number of anilines is 3. The van der Waals surface area contributed by atoms with Crippen LogP contribution in [0.2, 0.25) is 0 Å². The van der Waals surface area contributed by atoms with Crippen molar-refractivity contribution >= 4 is 38.6 Å². The smallest absolute Gasteiger partial charge is 0.256 e. The molecule has 1 aliphatic rings. The molecule has 12 heteroatoms. The Bertz CT molecular complexity index is 1440. The van der Waals surface area contributed by atoms with Gasteiger partial charge in [0.15, 0.2) is 5.82 Å². The zero-order valence-corrected chi connectivity index (χ0v) is 19.4. The molecule has 2 N–H and O–H groups in total. The third-order valence-corrected chi connectivity index (χ3v) is 7.63. The Hall–Kier alpha value is -3.54. The summed E-state index contributed by atoms with van der Waals surface area (Å²) in [6.07, 6.45) is 7.62. The fraction of sp³-hybridized carbons (Fsp3) is 0.381. The van der Waals surface area contributed by atoms with Crippen LogP contribution in [0.3, 0.4) is 0 Å². The van der Waals surface area contributed by atoms with Crippen molar-refractivity contribution in [2.75, 3.05) is 17.2 Å². The van der Waals surface area contributed by atoms with Crippen LogP contribution < -0.4 is 10.6 Å².